The summed E-state index contributed by atoms with van der Waals surface area (Å²) in [5, 5.41) is 3.44. The zero-order valence-electron chi connectivity index (χ0n) is 7.96. The fourth-order valence-corrected chi connectivity index (χ4v) is 2.07. The van der Waals surface area contributed by atoms with Crippen molar-refractivity contribution in [2.24, 2.45) is 0 Å². The van der Waals surface area contributed by atoms with Gasteiger partial charge in [0.25, 0.3) is 0 Å². The van der Waals surface area contributed by atoms with Crippen molar-refractivity contribution in [3.63, 3.8) is 0 Å². The molecule has 2 rings (SSSR count). The van der Waals surface area contributed by atoms with Gasteiger partial charge in [-0.25, -0.2) is 0 Å². The highest BCUT2D eigenvalue weighted by atomic mass is 32.1. The number of hydrogen-bond acceptors (Lipinski definition) is 4. The molecule has 0 atom stereocenters. The van der Waals surface area contributed by atoms with E-state index in [1.54, 1.807) is 11.5 Å². The Morgan fingerprint density at radius 3 is 2.77 bits per heavy atom. The van der Waals surface area contributed by atoms with Gasteiger partial charge in [0.2, 0.25) is 0 Å². The van der Waals surface area contributed by atoms with Gasteiger partial charge in [-0.15, -0.1) is 0 Å². The van der Waals surface area contributed by atoms with Gasteiger partial charge < -0.3 is 10.1 Å². The van der Waals surface area contributed by atoms with Crippen LogP contribution in [-0.2, 0) is 11.3 Å². The summed E-state index contributed by atoms with van der Waals surface area (Å²) in [4.78, 5) is 1.32. The van der Waals surface area contributed by atoms with Gasteiger partial charge in [-0.2, -0.15) is 4.37 Å². The molecule has 4 heteroatoms. The number of ether oxygens (including phenoxy) is 1. The predicted molar refractivity (Wildman–Crippen MR) is 53.0 cm³/mol. The normalized spacial score (nSPS) is 17.4. The van der Waals surface area contributed by atoms with Crippen LogP contribution in [0.1, 0.15) is 16.1 Å². The Labute approximate surface area is 82.3 Å². The van der Waals surface area contributed by atoms with Crippen LogP contribution in [0, 0.1) is 13.8 Å². The molecular weight excluding hydrogens is 184 g/mol. The van der Waals surface area contributed by atoms with Crippen LogP contribution in [0.5, 0.6) is 0 Å². The van der Waals surface area contributed by atoms with E-state index in [4.69, 9.17) is 4.74 Å². The minimum absolute atomic E-state index is 0.554. The van der Waals surface area contributed by atoms with Gasteiger partial charge in [-0.05, 0) is 25.4 Å². The Hall–Kier alpha value is -0.450. The Bertz CT molecular complexity index is 274. The lowest BCUT2D eigenvalue weighted by Crippen LogP contribution is -2.45. The molecule has 72 valence electrons. The highest BCUT2D eigenvalue weighted by Gasteiger charge is 2.18. The van der Waals surface area contributed by atoms with Crippen LogP contribution in [0.4, 0.5) is 0 Å². The van der Waals surface area contributed by atoms with Crippen molar-refractivity contribution in [3.8, 4) is 0 Å². The first-order chi connectivity index (χ1) is 6.27. The molecule has 1 aliphatic rings. The van der Waals surface area contributed by atoms with Crippen molar-refractivity contribution < 1.29 is 4.74 Å². The van der Waals surface area contributed by atoms with Crippen LogP contribution in [0.25, 0.3) is 0 Å². The van der Waals surface area contributed by atoms with E-state index in [0.29, 0.717) is 6.04 Å². The molecule has 0 spiro atoms. The van der Waals surface area contributed by atoms with Crippen LogP contribution in [0.3, 0.4) is 0 Å². The molecule has 2 heterocycles. The fraction of sp³-hybridized carbons (Fsp3) is 0.667. The van der Waals surface area contributed by atoms with Crippen LogP contribution < -0.4 is 5.32 Å². The lowest BCUT2D eigenvalue weighted by molar-refractivity contribution is -0.00581. The Morgan fingerprint density at radius 1 is 1.54 bits per heavy atom. The summed E-state index contributed by atoms with van der Waals surface area (Å²) in [5.74, 6) is 0. The van der Waals surface area contributed by atoms with Crippen LogP contribution in [0.15, 0.2) is 0 Å². The Kier molecular flexibility index (Phi) is 2.62. The largest absolute Gasteiger partial charge is 0.378 e. The second-order valence-electron chi connectivity index (χ2n) is 3.42. The highest BCUT2D eigenvalue weighted by Crippen LogP contribution is 2.17. The van der Waals surface area contributed by atoms with Gasteiger partial charge in [0.05, 0.1) is 24.9 Å². The molecule has 1 aromatic rings. The predicted octanol–water partition coefficient (Wildman–Crippen LogP) is 1.25. The smallest absolute Gasteiger partial charge is 0.0643 e. The first-order valence-corrected chi connectivity index (χ1v) is 5.27. The van der Waals surface area contributed by atoms with Gasteiger partial charge in [-0.3, -0.25) is 0 Å². The van der Waals surface area contributed by atoms with E-state index in [1.165, 1.54) is 10.4 Å². The van der Waals surface area contributed by atoms with E-state index >= 15 is 0 Å². The van der Waals surface area contributed by atoms with Gasteiger partial charge in [0.1, 0.15) is 0 Å². The Balaban J connectivity index is 1.92. The summed E-state index contributed by atoms with van der Waals surface area (Å²) in [5.41, 5.74) is 2.52. The van der Waals surface area contributed by atoms with Gasteiger partial charge in [-0.1, -0.05) is 0 Å². The van der Waals surface area contributed by atoms with Crippen molar-refractivity contribution in [2.75, 3.05) is 13.2 Å². The average molecular weight is 198 g/mol. The standard InChI is InChI=1S/C9H14N2OS/c1-6-9(7(2)13-11-6)3-10-8-4-12-5-8/h8,10H,3-5H2,1-2H3. The van der Waals surface area contributed by atoms with Crippen molar-refractivity contribution >= 4 is 11.5 Å². The third-order valence-electron chi connectivity index (χ3n) is 2.39. The highest BCUT2D eigenvalue weighted by molar-refractivity contribution is 7.05. The summed E-state index contributed by atoms with van der Waals surface area (Å²) in [6, 6.07) is 0.554. The third-order valence-corrected chi connectivity index (χ3v) is 3.27. The zero-order chi connectivity index (χ0) is 9.26. The number of hydrogen-bond donors (Lipinski definition) is 1. The fourth-order valence-electron chi connectivity index (χ4n) is 1.35. The molecule has 0 bridgehead atoms. The van der Waals surface area contributed by atoms with Crippen molar-refractivity contribution in [2.45, 2.75) is 26.4 Å². The van der Waals surface area contributed by atoms with E-state index in [-0.39, 0.29) is 0 Å². The van der Waals surface area contributed by atoms with E-state index in [0.717, 1.165) is 25.5 Å². The molecule has 1 aromatic heterocycles. The monoisotopic (exact) mass is 198 g/mol. The molecule has 0 saturated carbocycles. The first kappa shape index (κ1) is 9.12. The van der Waals surface area contributed by atoms with Gasteiger partial charge in [0.15, 0.2) is 0 Å². The molecule has 3 nitrogen and oxygen atoms in total. The minimum Gasteiger partial charge on any atom is -0.378 e. The van der Waals surface area contributed by atoms with Gasteiger partial charge >= 0.3 is 0 Å². The molecule has 0 aromatic carbocycles. The number of nitrogens with one attached hydrogen (secondary N) is 1. The number of nitrogens with zero attached hydrogens (tertiary/aromatic N) is 1. The van der Waals surface area contributed by atoms with E-state index in [1.807, 2.05) is 0 Å². The van der Waals surface area contributed by atoms with E-state index < -0.39 is 0 Å². The first-order valence-electron chi connectivity index (χ1n) is 4.50. The quantitative estimate of drug-likeness (QED) is 0.793. The van der Waals surface area contributed by atoms with Crippen LogP contribution >= 0.6 is 11.5 Å². The number of aryl methyl sites for hydroxylation is 2. The summed E-state index contributed by atoms with van der Waals surface area (Å²) in [7, 11) is 0. The molecule has 1 saturated heterocycles. The molecule has 13 heavy (non-hydrogen) atoms. The second kappa shape index (κ2) is 3.74. The lowest BCUT2D eigenvalue weighted by Gasteiger charge is -2.27. The molecule has 0 aliphatic carbocycles. The second-order valence-corrected chi connectivity index (χ2v) is 4.40. The zero-order valence-corrected chi connectivity index (χ0v) is 8.78. The Morgan fingerprint density at radius 2 is 2.31 bits per heavy atom. The maximum atomic E-state index is 5.09. The SMILES string of the molecule is Cc1nsc(C)c1CNC1COC1. The summed E-state index contributed by atoms with van der Waals surface area (Å²) in [6.07, 6.45) is 0. The molecular formula is C9H14N2OS. The molecule has 0 amide bonds. The van der Waals surface area contributed by atoms with E-state index in [9.17, 15) is 0 Å². The van der Waals surface area contributed by atoms with Crippen molar-refractivity contribution in [3.05, 3.63) is 16.1 Å². The topological polar surface area (TPSA) is 34.2 Å². The number of aromatic nitrogens is 1. The molecule has 1 aliphatic heterocycles. The van der Waals surface area contributed by atoms with Crippen molar-refractivity contribution in [1.82, 2.24) is 9.69 Å². The summed E-state index contributed by atoms with van der Waals surface area (Å²) < 4.78 is 9.40. The molecule has 1 fully saturated rings. The van der Waals surface area contributed by atoms with Crippen LogP contribution in [0.2, 0.25) is 0 Å². The van der Waals surface area contributed by atoms with Gasteiger partial charge in [0, 0.05) is 17.0 Å². The van der Waals surface area contributed by atoms with E-state index in [2.05, 4.69) is 23.5 Å². The minimum atomic E-state index is 0.554. The lowest BCUT2D eigenvalue weighted by atomic mass is 10.2. The third kappa shape index (κ3) is 1.90. The summed E-state index contributed by atoms with van der Waals surface area (Å²) >= 11 is 1.59. The molecule has 0 radical (unpaired) electrons. The van der Waals surface area contributed by atoms with Crippen LogP contribution in [-0.4, -0.2) is 23.6 Å². The molecule has 1 N–H and O–H groups in total. The molecule has 0 unspecified atom stereocenters. The van der Waals surface area contributed by atoms with Crippen molar-refractivity contribution in [1.29, 1.82) is 0 Å². The summed E-state index contributed by atoms with van der Waals surface area (Å²) in [6.45, 7) is 6.84. The maximum Gasteiger partial charge on any atom is 0.0643 e. The average Bonchev–Trinajstić information content (AvgIpc) is 2.32. The maximum absolute atomic E-state index is 5.09. The number of rotatable bonds is 3.